The van der Waals surface area contributed by atoms with Crippen LogP contribution in [0.2, 0.25) is 0 Å². The maximum atomic E-state index is 12.4. The van der Waals surface area contributed by atoms with E-state index >= 15 is 0 Å². The molecule has 2 aromatic carbocycles. The fraction of sp³-hybridized carbons (Fsp3) is 0.286. The molecular formula is C21H22F2N2O5. The van der Waals surface area contributed by atoms with Gasteiger partial charge in [0.25, 0.3) is 11.8 Å². The number of nitrogens with one attached hydrogen (secondary N) is 2. The maximum absolute atomic E-state index is 12.4. The molecule has 0 aromatic heterocycles. The number of aryl methyl sites for hydroxylation is 3. The smallest absolute Gasteiger partial charge is 0.387 e. The molecule has 0 radical (unpaired) electrons. The third-order valence-corrected chi connectivity index (χ3v) is 4.05. The van der Waals surface area contributed by atoms with Crippen LogP contribution in [0.25, 0.3) is 0 Å². The van der Waals surface area contributed by atoms with Gasteiger partial charge in [-0.25, -0.2) is 0 Å². The number of ether oxygens (including phenoxy) is 2. The highest BCUT2D eigenvalue weighted by atomic mass is 19.3. The summed E-state index contributed by atoms with van der Waals surface area (Å²) in [5.41, 5.74) is 3.30. The lowest BCUT2D eigenvalue weighted by Gasteiger charge is -2.13. The summed E-state index contributed by atoms with van der Waals surface area (Å²) in [5.74, 6) is -2.50. The van der Waals surface area contributed by atoms with Gasteiger partial charge in [0.2, 0.25) is 0 Å². The summed E-state index contributed by atoms with van der Waals surface area (Å²) in [5, 5.41) is 4.93. The van der Waals surface area contributed by atoms with Crippen molar-refractivity contribution in [2.45, 2.75) is 27.4 Å². The van der Waals surface area contributed by atoms with Crippen molar-refractivity contribution in [3.63, 3.8) is 0 Å². The van der Waals surface area contributed by atoms with Crippen LogP contribution < -0.4 is 15.4 Å². The number of carbonyl (C=O) groups is 3. The predicted molar refractivity (Wildman–Crippen MR) is 106 cm³/mol. The van der Waals surface area contributed by atoms with Crippen LogP contribution in [-0.2, 0) is 14.3 Å². The number of esters is 1. The van der Waals surface area contributed by atoms with Gasteiger partial charge in [0.15, 0.2) is 6.61 Å². The maximum Gasteiger partial charge on any atom is 0.387 e. The van der Waals surface area contributed by atoms with Gasteiger partial charge in [-0.2, -0.15) is 8.78 Å². The van der Waals surface area contributed by atoms with Crippen LogP contribution in [0.5, 0.6) is 5.75 Å². The Labute approximate surface area is 172 Å². The number of hydrogen-bond acceptors (Lipinski definition) is 5. The largest absolute Gasteiger partial charge is 0.454 e. The summed E-state index contributed by atoms with van der Waals surface area (Å²) in [6, 6.07) is 9.21. The van der Waals surface area contributed by atoms with Crippen molar-refractivity contribution >= 4 is 23.5 Å². The first-order valence-electron chi connectivity index (χ1n) is 9.02. The number of para-hydroxylation sites is 1. The van der Waals surface area contributed by atoms with Crippen molar-refractivity contribution in [2.24, 2.45) is 0 Å². The van der Waals surface area contributed by atoms with Gasteiger partial charge in [-0.1, -0.05) is 29.8 Å². The molecule has 0 atom stereocenters. The molecule has 2 N–H and O–H groups in total. The van der Waals surface area contributed by atoms with E-state index in [2.05, 4.69) is 15.4 Å². The highest BCUT2D eigenvalue weighted by molar-refractivity contribution is 5.98. The van der Waals surface area contributed by atoms with Crippen LogP contribution in [0.4, 0.5) is 14.5 Å². The van der Waals surface area contributed by atoms with E-state index in [0.717, 1.165) is 16.7 Å². The highest BCUT2D eigenvalue weighted by Gasteiger charge is 2.17. The first kappa shape index (κ1) is 22.8. The molecule has 0 aliphatic heterocycles. The standard InChI is InChI=1S/C21H22F2N2O5/c1-12-8-13(2)19(14(3)9-12)25-17(26)11-29-18(27)10-24-20(28)15-6-4-5-7-16(15)30-21(22)23/h4-9,21H,10-11H2,1-3H3,(H,24,28)(H,25,26). The fourth-order valence-corrected chi connectivity index (χ4v) is 2.85. The van der Waals surface area contributed by atoms with Crippen LogP contribution in [-0.4, -0.2) is 37.5 Å². The van der Waals surface area contributed by atoms with Crippen LogP contribution in [0.15, 0.2) is 36.4 Å². The van der Waals surface area contributed by atoms with E-state index in [9.17, 15) is 23.2 Å². The van der Waals surface area contributed by atoms with E-state index in [1.54, 1.807) is 0 Å². The van der Waals surface area contributed by atoms with E-state index in [4.69, 9.17) is 4.74 Å². The monoisotopic (exact) mass is 420 g/mol. The molecule has 2 rings (SSSR count). The molecular weight excluding hydrogens is 398 g/mol. The third kappa shape index (κ3) is 6.54. The second-order valence-corrected chi connectivity index (χ2v) is 6.54. The molecule has 160 valence electrons. The Kier molecular flexibility index (Phi) is 7.85. The molecule has 0 heterocycles. The minimum Gasteiger partial charge on any atom is -0.454 e. The van der Waals surface area contributed by atoms with Crippen molar-refractivity contribution < 1.29 is 32.6 Å². The summed E-state index contributed by atoms with van der Waals surface area (Å²) in [4.78, 5) is 36.0. The van der Waals surface area contributed by atoms with Gasteiger partial charge in [-0.15, -0.1) is 0 Å². The number of alkyl halides is 2. The van der Waals surface area contributed by atoms with Gasteiger partial charge < -0.3 is 20.1 Å². The Morgan fingerprint density at radius 1 is 1.03 bits per heavy atom. The molecule has 0 unspecified atom stereocenters. The van der Waals surface area contributed by atoms with E-state index < -0.39 is 37.5 Å². The molecule has 30 heavy (non-hydrogen) atoms. The second-order valence-electron chi connectivity index (χ2n) is 6.54. The van der Waals surface area contributed by atoms with Crippen molar-refractivity contribution in [1.29, 1.82) is 0 Å². The normalized spacial score (nSPS) is 10.5. The number of hydrogen-bond donors (Lipinski definition) is 2. The van der Waals surface area contributed by atoms with Crippen LogP contribution in [0.1, 0.15) is 27.0 Å². The second kappa shape index (κ2) is 10.3. The molecule has 2 aromatic rings. The van der Waals surface area contributed by atoms with Crippen molar-refractivity contribution in [1.82, 2.24) is 5.32 Å². The SMILES string of the molecule is Cc1cc(C)c(NC(=O)COC(=O)CNC(=O)c2ccccc2OC(F)F)c(C)c1. The average molecular weight is 420 g/mol. The lowest BCUT2D eigenvalue weighted by molar-refractivity contribution is -0.146. The minimum atomic E-state index is -3.09. The van der Waals surface area contributed by atoms with Gasteiger partial charge in [-0.3, -0.25) is 14.4 Å². The Morgan fingerprint density at radius 2 is 1.67 bits per heavy atom. The van der Waals surface area contributed by atoms with Crippen molar-refractivity contribution in [3.8, 4) is 5.75 Å². The quantitative estimate of drug-likeness (QED) is 0.640. The molecule has 7 nitrogen and oxygen atoms in total. The number of carbonyl (C=O) groups excluding carboxylic acids is 3. The zero-order valence-electron chi connectivity index (χ0n) is 16.8. The fourth-order valence-electron chi connectivity index (χ4n) is 2.85. The zero-order chi connectivity index (χ0) is 22.3. The van der Waals surface area contributed by atoms with Crippen LogP contribution in [0.3, 0.4) is 0 Å². The van der Waals surface area contributed by atoms with Crippen molar-refractivity contribution in [2.75, 3.05) is 18.5 Å². The Morgan fingerprint density at radius 3 is 2.30 bits per heavy atom. The minimum absolute atomic E-state index is 0.159. The number of rotatable bonds is 8. The molecule has 0 aliphatic rings. The first-order chi connectivity index (χ1) is 14.2. The molecule has 0 saturated carbocycles. The third-order valence-electron chi connectivity index (χ3n) is 4.05. The van der Waals surface area contributed by atoms with Crippen LogP contribution >= 0.6 is 0 Å². The molecule has 0 bridgehead atoms. The van der Waals surface area contributed by atoms with Gasteiger partial charge in [0.05, 0.1) is 5.56 Å². The average Bonchev–Trinajstić information content (AvgIpc) is 2.67. The Balaban J connectivity index is 1.84. The number of anilines is 1. The molecule has 2 amide bonds. The number of benzene rings is 2. The number of halogens is 2. The Bertz CT molecular complexity index is 924. The van der Waals surface area contributed by atoms with Gasteiger partial charge in [-0.05, 0) is 44.0 Å². The van der Waals surface area contributed by atoms with E-state index in [1.165, 1.54) is 24.3 Å². The summed E-state index contributed by atoms with van der Waals surface area (Å²) in [6.45, 7) is 1.48. The van der Waals surface area contributed by atoms with E-state index in [0.29, 0.717) is 5.69 Å². The lowest BCUT2D eigenvalue weighted by Crippen LogP contribution is -2.32. The zero-order valence-corrected chi connectivity index (χ0v) is 16.8. The van der Waals surface area contributed by atoms with Gasteiger partial charge >= 0.3 is 12.6 Å². The molecule has 9 heteroatoms. The topological polar surface area (TPSA) is 93.7 Å². The summed E-state index contributed by atoms with van der Waals surface area (Å²) >= 11 is 0. The molecule has 0 spiro atoms. The first-order valence-corrected chi connectivity index (χ1v) is 9.02. The number of amides is 2. The highest BCUT2D eigenvalue weighted by Crippen LogP contribution is 2.22. The van der Waals surface area contributed by atoms with Crippen molar-refractivity contribution in [3.05, 3.63) is 58.7 Å². The summed E-state index contributed by atoms with van der Waals surface area (Å²) < 4.78 is 33.9. The molecule has 0 aliphatic carbocycles. The van der Waals surface area contributed by atoms with Gasteiger partial charge in [0.1, 0.15) is 12.3 Å². The lowest BCUT2D eigenvalue weighted by atomic mass is 10.1. The Hall–Kier alpha value is -3.49. The summed E-state index contributed by atoms with van der Waals surface area (Å²) in [7, 11) is 0. The summed E-state index contributed by atoms with van der Waals surface area (Å²) in [6.07, 6.45) is 0. The van der Waals surface area contributed by atoms with E-state index in [1.807, 2.05) is 32.9 Å². The predicted octanol–water partition coefficient (Wildman–Crippen LogP) is 3.12. The molecule has 0 fully saturated rings. The van der Waals surface area contributed by atoms with E-state index in [-0.39, 0.29) is 11.3 Å². The molecule has 0 saturated heterocycles. The van der Waals surface area contributed by atoms with Gasteiger partial charge in [0, 0.05) is 5.69 Å². The van der Waals surface area contributed by atoms with Crippen LogP contribution in [0, 0.1) is 20.8 Å².